The summed E-state index contributed by atoms with van der Waals surface area (Å²) in [5.74, 6) is 0.584. The largest absolute Gasteiger partial charge is 0.497 e. The highest BCUT2D eigenvalue weighted by molar-refractivity contribution is 7.92. The molecule has 0 N–H and O–H groups in total. The molecule has 0 aromatic heterocycles. The summed E-state index contributed by atoms with van der Waals surface area (Å²) in [7, 11) is -2.27. The quantitative estimate of drug-likeness (QED) is 0.330. The summed E-state index contributed by atoms with van der Waals surface area (Å²) in [6, 6.07) is 20.5. The molecule has 0 aliphatic carbocycles. The first-order valence-corrected chi connectivity index (χ1v) is 12.9. The topological polar surface area (TPSA) is 93.0 Å². The Bertz CT molecular complexity index is 1290. The molecule has 0 spiro atoms. The summed E-state index contributed by atoms with van der Waals surface area (Å²) in [6.45, 7) is 3.62. The summed E-state index contributed by atoms with van der Waals surface area (Å²) in [4.78, 5) is 13.4. The molecule has 0 radical (unpaired) electrons. The van der Waals surface area contributed by atoms with E-state index in [2.05, 4.69) is 4.90 Å². The first-order chi connectivity index (χ1) is 16.8. The lowest BCUT2D eigenvalue weighted by molar-refractivity contribution is -0.385. The molecule has 184 valence electrons. The summed E-state index contributed by atoms with van der Waals surface area (Å²) < 4.78 is 34.5. The SMILES string of the molecule is COc1cccc(N(C2CCN(Cc3ccccc3[N+](=O)[O-])CC2)S(=O)(=O)c2ccc(C)cc2)c1. The number of anilines is 1. The normalized spacial score (nSPS) is 15.0. The van der Waals surface area contributed by atoms with Crippen LogP contribution < -0.4 is 9.04 Å². The molecule has 0 atom stereocenters. The Morgan fingerprint density at radius 3 is 2.37 bits per heavy atom. The number of aryl methyl sites for hydroxylation is 1. The number of nitro benzene ring substituents is 1. The van der Waals surface area contributed by atoms with Gasteiger partial charge in [0.2, 0.25) is 0 Å². The lowest BCUT2D eigenvalue weighted by Crippen LogP contribution is -2.47. The second kappa shape index (κ2) is 10.5. The van der Waals surface area contributed by atoms with E-state index >= 15 is 0 Å². The lowest BCUT2D eigenvalue weighted by atomic mass is 10.0. The van der Waals surface area contributed by atoms with Gasteiger partial charge in [-0.1, -0.05) is 42.0 Å². The molecule has 4 rings (SSSR count). The van der Waals surface area contributed by atoms with Crippen molar-refractivity contribution in [2.45, 2.75) is 37.2 Å². The van der Waals surface area contributed by atoms with Gasteiger partial charge in [0.1, 0.15) is 5.75 Å². The smallest absolute Gasteiger partial charge is 0.273 e. The molecule has 0 amide bonds. The van der Waals surface area contributed by atoms with Crippen molar-refractivity contribution in [3.8, 4) is 5.75 Å². The maximum Gasteiger partial charge on any atom is 0.273 e. The number of nitro groups is 1. The van der Waals surface area contributed by atoms with Crippen LogP contribution in [0.5, 0.6) is 5.75 Å². The number of hydrogen-bond acceptors (Lipinski definition) is 6. The molecular formula is C26H29N3O5S. The van der Waals surface area contributed by atoms with Crippen LogP contribution in [-0.4, -0.2) is 44.5 Å². The average molecular weight is 496 g/mol. The molecule has 9 heteroatoms. The van der Waals surface area contributed by atoms with Gasteiger partial charge in [0.05, 0.1) is 22.6 Å². The van der Waals surface area contributed by atoms with Gasteiger partial charge in [-0.05, 0) is 44.0 Å². The standard InChI is InChI=1S/C26H29N3O5S/c1-20-10-12-25(13-11-20)35(32,33)28(23-7-5-8-24(18-23)34-2)22-14-16-27(17-15-22)19-21-6-3-4-9-26(21)29(30)31/h3-13,18,22H,14-17,19H2,1-2H3. The Kier molecular flexibility index (Phi) is 7.37. The molecule has 1 heterocycles. The molecule has 1 fully saturated rings. The first-order valence-electron chi connectivity index (χ1n) is 11.5. The fraction of sp³-hybridized carbons (Fsp3) is 0.308. The minimum absolute atomic E-state index is 0.106. The molecule has 35 heavy (non-hydrogen) atoms. The van der Waals surface area contributed by atoms with Crippen molar-refractivity contribution in [2.24, 2.45) is 0 Å². The van der Waals surface area contributed by atoms with Crippen LogP contribution in [0, 0.1) is 17.0 Å². The van der Waals surface area contributed by atoms with E-state index in [1.54, 1.807) is 73.8 Å². The minimum Gasteiger partial charge on any atom is -0.497 e. The van der Waals surface area contributed by atoms with Crippen LogP contribution in [0.15, 0.2) is 77.7 Å². The molecule has 1 saturated heterocycles. The van der Waals surface area contributed by atoms with Gasteiger partial charge in [-0.15, -0.1) is 0 Å². The van der Waals surface area contributed by atoms with Crippen LogP contribution in [0.25, 0.3) is 0 Å². The molecule has 1 aliphatic heterocycles. The van der Waals surface area contributed by atoms with Gasteiger partial charge in [0.25, 0.3) is 15.7 Å². The highest BCUT2D eigenvalue weighted by Gasteiger charge is 2.34. The summed E-state index contributed by atoms with van der Waals surface area (Å²) >= 11 is 0. The third-order valence-corrected chi connectivity index (χ3v) is 8.25. The first kappa shape index (κ1) is 24.7. The Labute approximate surface area is 206 Å². The second-order valence-corrected chi connectivity index (χ2v) is 10.5. The Morgan fingerprint density at radius 2 is 1.71 bits per heavy atom. The van der Waals surface area contributed by atoms with Crippen LogP contribution in [0.1, 0.15) is 24.0 Å². The van der Waals surface area contributed by atoms with Crippen LogP contribution in [0.2, 0.25) is 0 Å². The maximum atomic E-state index is 13.8. The van der Waals surface area contributed by atoms with Crippen molar-refractivity contribution in [2.75, 3.05) is 24.5 Å². The molecule has 0 bridgehead atoms. The fourth-order valence-corrected chi connectivity index (χ4v) is 6.19. The molecule has 8 nitrogen and oxygen atoms in total. The zero-order valence-electron chi connectivity index (χ0n) is 19.8. The molecular weight excluding hydrogens is 466 g/mol. The fourth-order valence-electron chi connectivity index (χ4n) is 4.49. The second-order valence-electron chi connectivity index (χ2n) is 8.71. The third kappa shape index (κ3) is 5.47. The molecule has 0 saturated carbocycles. The zero-order valence-corrected chi connectivity index (χ0v) is 20.6. The number of hydrogen-bond donors (Lipinski definition) is 0. The van der Waals surface area contributed by atoms with Gasteiger partial charge in [-0.2, -0.15) is 0 Å². The number of rotatable bonds is 8. The molecule has 3 aromatic rings. The van der Waals surface area contributed by atoms with Crippen molar-refractivity contribution < 1.29 is 18.1 Å². The van der Waals surface area contributed by atoms with Crippen LogP contribution >= 0.6 is 0 Å². The third-order valence-electron chi connectivity index (χ3n) is 6.36. The maximum absolute atomic E-state index is 13.8. The van der Waals surface area contributed by atoms with Crippen molar-refractivity contribution in [1.29, 1.82) is 0 Å². The van der Waals surface area contributed by atoms with Crippen molar-refractivity contribution in [3.63, 3.8) is 0 Å². The van der Waals surface area contributed by atoms with E-state index in [1.165, 1.54) is 10.4 Å². The Hall–Kier alpha value is -3.43. The van der Waals surface area contributed by atoms with E-state index in [1.807, 2.05) is 6.92 Å². The number of sulfonamides is 1. The van der Waals surface area contributed by atoms with Crippen molar-refractivity contribution in [1.82, 2.24) is 4.90 Å². The Balaban J connectivity index is 1.59. The monoisotopic (exact) mass is 495 g/mol. The highest BCUT2D eigenvalue weighted by atomic mass is 32.2. The van der Waals surface area contributed by atoms with E-state index in [0.717, 1.165) is 5.56 Å². The van der Waals surface area contributed by atoms with E-state index in [9.17, 15) is 18.5 Å². The van der Waals surface area contributed by atoms with Crippen LogP contribution in [0.4, 0.5) is 11.4 Å². The van der Waals surface area contributed by atoms with Crippen molar-refractivity contribution >= 4 is 21.4 Å². The molecule has 0 unspecified atom stereocenters. The van der Waals surface area contributed by atoms with Gasteiger partial charge >= 0.3 is 0 Å². The number of ether oxygens (including phenoxy) is 1. The van der Waals surface area contributed by atoms with Gasteiger partial charge < -0.3 is 4.74 Å². The van der Waals surface area contributed by atoms with E-state index < -0.39 is 10.0 Å². The van der Waals surface area contributed by atoms with E-state index in [-0.39, 0.29) is 21.5 Å². The average Bonchev–Trinajstić information content (AvgIpc) is 2.86. The number of likely N-dealkylation sites (tertiary alicyclic amines) is 1. The van der Waals surface area contributed by atoms with Gasteiger partial charge in [0, 0.05) is 43.4 Å². The predicted molar refractivity (Wildman–Crippen MR) is 135 cm³/mol. The number of nitrogens with zero attached hydrogens (tertiary/aromatic N) is 3. The van der Waals surface area contributed by atoms with Gasteiger partial charge in [-0.25, -0.2) is 8.42 Å². The number of para-hydroxylation sites is 1. The number of piperidine rings is 1. The number of benzene rings is 3. The lowest BCUT2D eigenvalue weighted by Gasteiger charge is -2.39. The van der Waals surface area contributed by atoms with Gasteiger partial charge in [0.15, 0.2) is 0 Å². The highest BCUT2D eigenvalue weighted by Crippen LogP contribution is 2.33. The predicted octanol–water partition coefficient (Wildman–Crippen LogP) is 4.77. The van der Waals surface area contributed by atoms with Crippen molar-refractivity contribution in [3.05, 3.63) is 94.0 Å². The zero-order chi connectivity index (χ0) is 25.0. The molecule has 3 aromatic carbocycles. The molecule has 1 aliphatic rings. The van der Waals surface area contributed by atoms with Gasteiger partial charge in [-0.3, -0.25) is 19.3 Å². The van der Waals surface area contributed by atoms with Crippen LogP contribution in [0.3, 0.4) is 0 Å². The Morgan fingerprint density at radius 1 is 1.03 bits per heavy atom. The number of methoxy groups -OCH3 is 1. The summed E-state index contributed by atoms with van der Waals surface area (Å²) in [5, 5.41) is 11.4. The van der Waals surface area contributed by atoms with Crippen LogP contribution in [-0.2, 0) is 16.6 Å². The summed E-state index contributed by atoms with van der Waals surface area (Å²) in [5.41, 5.74) is 2.31. The minimum atomic E-state index is -3.82. The van der Waals surface area contributed by atoms with E-state index in [0.29, 0.717) is 49.5 Å². The summed E-state index contributed by atoms with van der Waals surface area (Å²) in [6.07, 6.45) is 1.20. The van der Waals surface area contributed by atoms with E-state index in [4.69, 9.17) is 4.74 Å².